The van der Waals surface area contributed by atoms with E-state index in [0.29, 0.717) is 18.3 Å². The van der Waals surface area contributed by atoms with E-state index in [1.165, 1.54) is 6.33 Å². The van der Waals surface area contributed by atoms with Crippen molar-refractivity contribution in [2.45, 2.75) is 25.8 Å². The third-order valence-corrected chi connectivity index (χ3v) is 3.50. The Balaban J connectivity index is 2.37. The Labute approximate surface area is 100 Å². The predicted octanol–water partition coefficient (Wildman–Crippen LogP) is -0.0843. The van der Waals surface area contributed by atoms with E-state index in [4.69, 9.17) is 11.5 Å². The molecule has 2 heterocycles. The summed E-state index contributed by atoms with van der Waals surface area (Å²) < 4.78 is 0. The highest BCUT2D eigenvalue weighted by Crippen LogP contribution is 2.28. The number of hydrogen-bond acceptors (Lipinski definition) is 5. The summed E-state index contributed by atoms with van der Waals surface area (Å²) in [6.07, 6.45) is 3.62. The molecule has 0 amide bonds. The van der Waals surface area contributed by atoms with Crippen LogP contribution in [0, 0.1) is 5.92 Å². The van der Waals surface area contributed by atoms with Crippen LogP contribution in [0.1, 0.15) is 19.8 Å². The van der Waals surface area contributed by atoms with Gasteiger partial charge in [-0.1, -0.05) is 6.92 Å². The van der Waals surface area contributed by atoms with Gasteiger partial charge in [-0.3, -0.25) is 4.79 Å². The molecule has 2 atom stereocenters. The highest BCUT2D eigenvalue weighted by Gasteiger charge is 2.29. The summed E-state index contributed by atoms with van der Waals surface area (Å²) in [4.78, 5) is 20.2. The lowest BCUT2D eigenvalue weighted by atomic mass is 9.91. The first-order chi connectivity index (χ1) is 8.15. The van der Waals surface area contributed by atoms with Gasteiger partial charge in [-0.05, 0) is 18.8 Å². The number of nitrogen functional groups attached to an aromatic ring is 1. The molecule has 6 heteroatoms. The minimum Gasteiger partial charge on any atom is -0.391 e. The molecule has 5 N–H and O–H groups in total. The summed E-state index contributed by atoms with van der Waals surface area (Å²) in [5.74, 6) is 1.06. The van der Waals surface area contributed by atoms with E-state index in [9.17, 15) is 4.79 Å². The van der Waals surface area contributed by atoms with Crippen LogP contribution >= 0.6 is 0 Å². The molecule has 6 nitrogen and oxygen atoms in total. The largest absolute Gasteiger partial charge is 0.391 e. The van der Waals surface area contributed by atoms with Gasteiger partial charge >= 0.3 is 0 Å². The average Bonchev–Trinajstić information content (AvgIpc) is 2.32. The summed E-state index contributed by atoms with van der Waals surface area (Å²) in [7, 11) is 0. The third-order valence-electron chi connectivity index (χ3n) is 3.50. The summed E-state index contributed by atoms with van der Waals surface area (Å²) >= 11 is 0. The van der Waals surface area contributed by atoms with Gasteiger partial charge in [-0.25, -0.2) is 4.98 Å². The summed E-state index contributed by atoms with van der Waals surface area (Å²) in [6, 6.07) is 0.209. The monoisotopic (exact) mass is 237 g/mol. The maximum Gasteiger partial charge on any atom is 0.276 e. The lowest BCUT2D eigenvalue weighted by Gasteiger charge is -2.40. The molecule has 0 radical (unpaired) electrons. The number of nitrogens with zero attached hydrogens (tertiary/aromatic N) is 2. The fourth-order valence-corrected chi connectivity index (χ4v) is 2.50. The molecule has 0 spiro atoms. The van der Waals surface area contributed by atoms with Crippen molar-refractivity contribution in [3.63, 3.8) is 0 Å². The molecule has 0 aromatic carbocycles. The normalized spacial score (nSPS) is 24.9. The zero-order chi connectivity index (χ0) is 12.4. The molecule has 0 bridgehead atoms. The number of aromatic amines is 1. The Kier molecular flexibility index (Phi) is 3.33. The highest BCUT2D eigenvalue weighted by atomic mass is 16.1. The van der Waals surface area contributed by atoms with Crippen molar-refractivity contribution in [2.75, 3.05) is 23.7 Å². The second-order valence-corrected chi connectivity index (χ2v) is 4.58. The molecular weight excluding hydrogens is 218 g/mol. The van der Waals surface area contributed by atoms with Gasteiger partial charge in [-0.2, -0.15) is 0 Å². The fourth-order valence-electron chi connectivity index (χ4n) is 2.50. The van der Waals surface area contributed by atoms with E-state index in [1.54, 1.807) is 0 Å². The quantitative estimate of drug-likeness (QED) is 0.667. The molecule has 1 fully saturated rings. The van der Waals surface area contributed by atoms with Crippen molar-refractivity contribution in [2.24, 2.45) is 11.7 Å². The molecule has 1 aliphatic heterocycles. The molecule has 0 saturated carbocycles. The van der Waals surface area contributed by atoms with Crippen LogP contribution in [0.3, 0.4) is 0 Å². The maximum absolute atomic E-state index is 11.5. The number of rotatable bonds is 2. The average molecular weight is 237 g/mol. The molecule has 2 rings (SSSR count). The first-order valence-electron chi connectivity index (χ1n) is 5.95. The molecule has 1 aromatic rings. The molecule has 1 aliphatic rings. The molecular formula is C11H19N5O. The number of nitrogens with one attached hydrogen (secondary N) is 1. The number of anilines is 2. The van der Waals surface area contributed by atoms with Gasteiger partial charge in [0.25, 0.3) is 5.56 Å². The zero-order valence-electron chi connectivity index (χ0n) is 10.0. The van der Waals surface area contributed by atoms with Crippen LogP contribution in [-0.4, -0.2) is 29.1 Å². The molecule has 0 aliphatic carbocycles. The minimum absolute atomic E-state index is 0.181. The second-order valence-electron chi connectivity index (χ2n) is 4.58. The summed E-state index contributed by atoms with van der Waals surface area (Å²) in [5.41, 5.74) is 11.5. The van der Waals surface area contributed by atoms with Crippen LogP contribution in [0.2, 0.25) is 0 Å². The third kappa shape index (κ3) is 2.12. The van der Waals surface area contributed by atoms with E-state index >= 15 is 0 Å². The van der Waals surface area contributed by atoms with Gasteiger partial charge in [-0.15, -0.1) is 0 Å². The standard InChI is InChI=1S/C11H19N5O/c1-7-3-2-4-16(8(7)5-12)10-9(13)11(17)15-6-14-10/h6-8H,2-5,12-13H2,1H3,(H,14,15,17). The van der Waals surface area contributed by atoms with Crippen molar-refractivity contribution < 1.29 is 0 Å². The van der Waals surface area contributed by atoms with Crippen LogP contribution in [0.5, 0.6) is 0 Å². The number of H-pyrrole nitrogens is 1. The van der Waals surface area contributed by atoms with Crippen molar-refractivity contribution in [3.8, 4) is 0 Å². The zero-order valence-corrected chi connectivity index (χ0v) is 10.0. The molecule has 1 saturated heterocycles. The molecule has 1 aromatic heterocycles. The number of hydrogen-bond donors (Lipinski definition) is 3. The van der Waals surface area contributed by atoms with Crippen LogP contribution in [0.25, 0.3) is 0 Å². The molecule has 17 heavy (non-hydrogen) atoms. The van der Waals surface area contributed by atoms with E-state index < -0.39 is 0 Å². The van der Waals surface area contributed by atoms with Crippen molar-refractivity contribution in [1.82, 2.24) is 9.97 Å². The van der Waals surface area contributed by atoms with Gasteiger partial charge in [0.05, 0.1) is 6.33 Å². The topological polar surface area (TPSA) is 101 Å². The second kappa shape index (κ2) is 4.75. The maximum atomic E-state index is 11.5. The highest BCUT2D eigenvalue weighted by molar-refractivity contribution is 5.61. The lowest BCUT2D eigenvalue weighted by molar-refractivity contribution is 0.348. The SMILES string of the molecule is CC1CCCN(c2nc[nH]c(=O)c2N)C1CN. The summed E-state index contributed by atoms with van der Waals surface area (Å²) in [6.45, 7) is 3.58. The summed E-state index contributed by atoms with van der Waals surface area (Å²) in [5, 5.41) is 0. The Morgan fingerprint density at radius 2 is 2.41 bits per heavy atom. The van der Waals surface area contributed by atoms with Crippen molar-refractivity contribution in [1.29, 1.82) is 0 Å². The Morgan fingerprint density at radius 3 is 3.12 bits per heavy atom. The number of piperidine rings is 1. The Morgan fingerprint density at radius 1 is 1.65 bits per heavy atom. The minimum atomic E-state index is -0.288. The Hall–Kier alpha value is -1.56. The fraction of sp³-hybridized carbons (Fsp3) is 0.636. The van der Waals surface area contributed by atoms with E-state index in [0.717, 1.165) is 19.4 Å². The number of nitrogens with two attached hydrogens (primary N) is 2. The van der Waals surface area contributed by atoms with Gasteiger partial charge in [0.1, 0.15) is 5.69 Å². The first kappa shape index (κ1) is 11.9. The van der Waals surface area contributed by atoms with Crippen LogP contribution < -0.4 is 21.9 Å². The van der Waals surface area contributed by atoms with Gasteiger partial charge in [0.15, 0.2) is 5.82 Å². The van der Waals surface area contributed by atoms with Crippen LogP contribution in [0.15, 0.2) is 11.1 Å². The first-order valence-corrected chi connectivity index (χ1v) is 5.95. The van der Waals surface area contributed by atoms with Crippen LogP contribution in [0.4, 0.5) is 11.5 Å². The molecule has 2 unspecified atom stereocenters. The molecule has 94 valence electrons. The lowest BCUT2D eigenvalue weighted by Crippen LogP contribution is -2.49. The number of aromatic nitrogens is 2. The van der Waals surface area contributed by atoms with Crippen molar-refractivity contribution in [3.05, 3.63) is 16.7 Å². The van der Waals surface area contributed by atoms with Crippen LogP contribution in [-0.2, 0) is 0 Å². The van der Waals surface area contributed by atoms with Gasteiger partial charge in [0, 0.05) is 19.1 Å². The Bertz CT molecular complexity index is 444. The predicted molar refractivity (Wildman–Crippen MR) is 67.9 cm³/mol. The van der Waals surface area contributed by atoms with Crippen molar-refractivity contribution >= 4 is 11.5 Å². The van der Waals surface area contributed by atoms with Gasteiger partial charge in [0.2, 0.25) is 0 Å². The van der Waals surface area contributed by atoms with E-state index in [1.807, 2.05) is 0 Å². The van der Waals surface area contributed by atoms with E-state index in [2.05, 4.69) is 21.8 Å². The van der Waals surface area contributed by atoms with Gasteiger partial charge < -0.3 is 21.4 Å². The van der Waals surface area contributed by atoms with E-state index in [-0.39, 0.29) is 17.3 Å². The smallest absolute Gasteiger partial charge is 0.276 e.